The zero-order valence-electron chi connectivity index (χ0n) is 39.7. The predicted octanol–water partition coefficient (Wildman–Crippen LogP) is 16.4. The Morgan fingerprint density at radius 2 is 0.639 bits per heavy atom. The normalized spacial score (nSPS) is 12.8. The molecule has 348 valence electrons. The van der Waals surface area contributed by atoms with Crippen LogP contribution in [-0.2, 0) is 28.6 Å². The number of ether oxygens (including phenoxy) is 3. The van der Waals surface area contributed by atoms with Crippen molar-refractivity contribution < 1.29 is 28.6 Å². The smallest absolute Gasteiger partial charge is 0.306 e. The van der Waals surface area contributed by atoms with Crippen molar-refractivity contribution in [2.24, 2.45) is 0 Å². The van der Waals surface area contributed by atoms with Gasteiger partial charge in [0, 0.05) is 19.3 Å². The van der Waals surface area contributed by atoms with Crippen molar-refractivity contribution in [3.8, 4) is 0 Å². The molecule has 61 heavy (non-hydrogen) atoms. The molecular formula is C55H92O6. The van der Waals surface area contributed by atoms with Crippen molar-refractivity contribution in [2.75, 3.05) is 13.2 Å². The molecule has 0 rings (SSSR count). The Kier molecular flexibility index (Phi) is 46.5. The van der Waals surface area contributed by atoms with Crippen LogP contribution in [0.25, 0.3) is 0 Å². The molecule has 0 aliphatic heterocycles. The van der Waals surface area contributed by atoms with Crippen LogP contribution < -0.4 is 0 Å². The molecule has 0 heterocycles. The van der Waals surface area contributed by atoms with E-state index in [1.807, 2.05) is 0 Å². The monoisotopic (exact) mass is 849 g/mol. The average Bonchev–Trinajstić information content (AvgIpc) is 3.26. The second-order valence-electron chi connectivity index (χ2n) is 16.3. The number of rotatable bonds is 44. The van der Waals surface area contributed by atoms with Gasteiger partial charge in [-0.3, -0.25) is 14.4 Å². The molecule has 0 saturated heterocycles. The van der Waals surface area contributed by atoms with Gasteiger partial charge in [-0.2, -0.15) is 0 Å². The van der Waals surface area contributed by atoms with Gasteiger partial charge in [-0.15, -0.1) is 0 Å². The van der Waals surface area contributed by atoms with Crippen molar-refractivity contribution in [3.05, 3.63) is 85.1 Å². The quantitative estimate of drug-likeness (QED) is 0.0263. The number of unbranched alkanes of at least 4 members (excludes halogenated alkanes) is 19. The molecule has 0 bridgehead atoms. The Labute approximate surface area is 375 Å². The molecule has 0 fully saturated rings. The minimum Gasteiger partial charge on any atom is -0.462 e. The van der Waals surface area contributed by atoms with Crippen molar-refractivity contribution >= 4 is 17.9 Å². The Morgan fingerprint density at radius 1 is 0.344 bits per heavy atom. The van der Waals surface area contributed by atoms with E-state index in [0.717, 1.165) is 109 Å². The highest BCUT2D eigenvalue weighted by Crippen LogP contribution is 2.13. The topological polar surface area (TPSA) is 78.9 Å². The number of hydrogen-bond donors (Lipinski definition) is 0. The summed E-state index contributed by atoms with van der Waals surface area (Å²) >= 11 is 0. The fraction of sp³-hybridized carbons (Fsp3) is 0.691. The molecule has 0 radical (unpaired) electrons. The predicted molar refractivity (Wildman–Crippen MR) is 261 cm³/mol. The molecule has 6 heteroatoms. The highest BCUT2D eigenvalue weighted by molar-refractivity contribution is 5.71. The molecule has 0 amide bonds. The van der Waals surface area contributed by atoms with E-state index in [9.17, 15) is 14.4 Å². The van der Waals surface area contributed by atoms with Crippen molar-refractivity contribution in [2.45, 2.75) is 232 Å². The number of esters is 3. The second kappa shape index (κ2) is 49.2. The lowest BCUT2D eigenvalue weighted by Gasteiger charge is -2.18. The molecule has 1 unspecified atom stereocenters. The summed E-state index contributed by atoms with van der Waals surface area (Å²) in [5.41, 5.74) is 0. The van der Waals surface area contributed by atoms with E-state index in [-0.39, 0.29) is 31.1 Å². The summed E-state index contributed by atoms with van der Waals surface area (Å²) in [6, 6.07) is 0. The van der Waals surface area contributed by atoms with Gasteiger partial charge in [0.2, 0.25) is 0 Å². The van der Waals surface area contributed by atoms with Crippen molar-refractivity contribution in [1.29, 1.82) is 0 Å². The molecule has 0 aromatic rings. The maximum absolute atomic E-state index is 12.7. The van der Waals surface area contributed by atoms with E-state index in [2.05, 4.69) is 106 Å². The summed E-state index contributed by atoms with van der Waals surface area (Å²) in [6.07, 6.45) is 63.0. The first-order valence-corrected chi connectivity index (χ1v) is 25.1. The van der Waals surface area contributed by atoms with E-state index in [1.54, 1.807) is 0 Å². The van der Waals surface area contributed by atoms with E-state index in [4.69, 9.17) is 14.2 Å². The van der Waals surface area contributed by atoms with Gasteiger partial charge in [0.15, 0.2) is 6.10 Å². The summed E-state index contributed by atoms with van der Waals surface area (Å²) in [7, 11) is 0. The van der Waals surface area contributed by atoms with Gasteiger partial charge in [0.25, 0.3) is 0 Å². The first-order chi connectivity index (χ1) is 30.0. The van der Waals surface area contributed by atoms with Crippen LogP contribution in [0.2, 0.25) is 0 Å². The largest absolute Gasteiger partial charge is 0.462 e. The summed E-state index contributed by atoms with van der Waals surface area (Å²) in [5.74, 6) is -0.957. The number of carbonyl (C=O) groups excluding carboxylic acids is 3. The van der Waals surface area contributed by atoms with Crippen molar-refractivity contribution in [3.63, 3.8) is 0 Å². The molecule has 6 nitrogen and oxygen atoms in total. The highest BCUT2D eigenvalue weighted by atomic mass is 16.6. The van der Waals surface area contributed by atoms with Crippen molar-refractivity contribution in [1.82, 2.24) is 0 Å². The molecule has 0 aromatic heterocycles. The van der Waals surface area contributed by atoms with E-state index in [0.29, 0.717) is 19.3 Å². The molecule has 0 aliphatic rings. The highest BCUT2D eigenvalue weighted by Gasteiger charge is 2.19. The molecule has 0 spiro atoms. The minimum atomic E-state index is -0.795. The average molecular weight is 849 g/mol. The summed E-state index contributed by atoms with van der Waals surface area (Å²) in [4.78, 5) is 37.7. The van der Waals surface area contributed by atoms with Gasteiger partial charge in [-0.25, -0.2) is 0 Å². The van der Waals surface area contributed by atoms with Gasteiger partial charge < -0.3 is 14.2 Å². The van der Waals surface area contributed by atoms with Gasteiger partial charge in [-0.1, -0.05) is 196 Å². The minimum absolute atomic E-state index is 0.0938. The standard InChI is InChI=1S/C55H92O6/c1-4-7-10-13-16-18-20-22-24-25-26-27-28-29-31-32-34-36-39-42-45-48-54(57)60-51-52(50-59-53(56)47-44-41-38-15-12-9-6-3)61-55(58)49-46-43-40-37-35-33-30-23-21-19-17-14-11-8-5-2/h7,10,16,18,22-24,26-27,29-31,34,36,52H,4-6,8-9,11-15,17,19-21,25,28,32-33,35,37-51H2,1-3H3/b10-7-,18-16-,24-22-,27-26-,30-23-,31-29-,36-34-. The third kappa shape index (κ3) is 47.5. The molecule has 0 aromatic carbocycles. The van der Waals surface area contributed by atoms with Crippen LogP contribution in [0.5, 0.6) is 0 Å². The van der Waals surface area contributed by atoms with Crippen LogP contribution in [0.4, 0.5) is 0 Å². The fourth-order valence-corrected chi connectivity index (χ4v) is 6.61. The maximum atomic E-state index is 12.7. The van der Waals surface area contributed by atoms with Crippen LogP contribution in [0.3, 0.4) is 0 Å². The zero-order valence-corrected chi connectivity index (χ0v) is 39.7. The van der Waals surface area contributed by atoms with Crippen LogP contribution >= 0.6 is 0 Å². The Morgan fingerprint density at radius 3 is 1.05 bits per heavy atom. The van der Waals surface area contributed by atoms with E-state index < -0.39 is 6.10 Å². The number of allylic oxidation sites excluding steroid dienone is 14. The molecule has 0 saturated carbocycles. The Bertz CT molecular complexity index is 1200. The Balaban J connectivity index is 4.37. The third-order valence-electron chi connectivity index (χ3n) is 10.4. The molecule has 0 aliphatic carbocycles. The lowest BCUT2D eigenvalue weighted by molar-refractivity contribution is -0.167. The summed E-state index contributed by atoms with van der Waals surface area (Å²) in [6.45, 7) is 6.42. The van der Waals surface area contributed by atoms with Gasteiger partial charge in [-0.05, 0) is 96.3 Å². The van der Waals surface area contributed by atoms with Crippen LogP contribution in [-0.4, -0.2) is 37.2 Å². The van der Waals surface area contributed by atoms with E-state index in [1.165, 1.54) is 77.0 Å². The van der Waals surface area contributed by atoms with E-state index >= 15 is 0 Å². The molecular weight excluding hydrogens is 757 g/mol. The number of carbonyl (C=O) groups is 3. The zero-order chi connectivity index (χ0) is 44.4. The molecule has 1 atom stereocenters. The third-order valence-corrected chi connectivity index (χ3v) is 10.4. The first-order valence-electron chi connectivity index (χ1n) is 25.1. The van der Waals surface area contributed by atoms with Gasteiger partial charge >= 0.3 is 17.9 Å². The lowest BCUT2D eigenvalue weighted by Crippen LogP contribution is -2.30. The maximum Gasteiger partial charge on any atom is 0.306 e. The fourth-order valence-electron chi connectivity index (χ4n) is 6.61. The first kappa shape index (κ1) is 57.6. The lowest BCUT2D eigenvalue weighted by atomic mass is 10.1. The molecule has 0 N–H and O–H groups in total. The number of hydrogen-bond acceptors (Lipinski definition) is 6. The van der Waals surface area contributed by atoms with Crippen LogP contribution in [0.1, 0.15) is 226 Å². The van der Waals surface area contributed by atoms with Gasteiger partial charge in [0.1, 0.15) is 13.2 Å². The second-order valence-corrected chi connectivity index (χ2v) is 16.3. The van der Waals surface area contributed by atoms with Crippen LogP contribution in [0, 0.1) is 0 Å². The SMILES string of the molecule is CC/C=C\C/C=C\C/C=C\C/C=C\C/C=C\C/C=C\CCCCC(=O)OCC(COC(=O)CCCCCCCCC)OC(=O)CCCCCCC/C=C\CCCCCCCC. The van der Waals surface area contributed by atoms with Gasteiger partial charge in [0.05, 0.1) is 0 Å². The van der Waals surface area contributed by atoms with Crippen LogP contribution in [0.15, 0.2) is 85.1 Å². The summed E-state index contributed by atoms with van der Waals surface area (Å²) < 4.78 is 16.7. The summed E-state index contributed by atoms with van der Waals surface area (Å²) in [5, 5.41) is 0. The Hall–Kier alpha value is -3.41.